The minimum atomic E-state index is -0.527. The lowest BCUT2D eigenvalue weighted by molar-refractivity contribution is -0.150. The van der Waals surface area contributed by atoms with E-state index >= 15 is 0 Å². The van der Waals surface area contributed by atoms with Crippen molar-refractivity contribution in [3.05, 3.63) is 0 Å². The van der Waals surface area contributed by atoms with E-state index in [1.165, 1.54) is 4.90 Å². The Bertz CT molecular complexity index is 306. The summed E-state index contributed by atoms with van der Waals surface area (Å²) >= 11 is 5.50. The van der Waals surface area contributed by atoms with Crippen LogP contribution in [0, 0.1) is 0 Å². The number of amides is 3. The van der Waals surface area contributed by atoms with Crippen LogP contribution in [0.1, 0.15) is 26.2 Å². The summed E-state index contributed by atoms with van der Waals surface area (Å²) in [5, 5.41) is 2.22. The Morgan fingerprint density at radius 3 is 2.81 bits per heavy atom. The van der Waals surface area contributed by atoms with Crippen LogP contribution in [0.25, 0.3) is 0 Å². The van der Waals surface area contributed by atoms with Crippen LogP contribution >= 0.6 is 11.6 Å². The second-order valence-corrected chi connectivity index (χ2v) is 4.03. The van der Waals surface area contributed by atoms with Crippen molar-refractivity contribution in [1.82, 2.24) is 10.2 Å². The molecule has 0 aromatic carbocycles. The summed E-state index contributed by atoms with van der Waals surface area (Å²) in [6, 6.07) is -0.527. The van der Waals surface area contributed by atoms with Gasteiger partial charge in [0, 0.05) is 12.3 Å². The molecule has 0 aliphatic carbocycles. The predicted molar refractivity (Wildman–Crippen MR) is 58.9 cm³/mol. The number of rotatable bonds is 4. The van der Waals surface area contributed by atoms with Gasteiger partial charge >= 0.3 is 0 Å². The number of hydrogen-bond acceptors (Lipinski definition) is 3. The van der Waals surface area contributed by atoms with Gasteiger partial charge in [-0.05, 0) is 12.8 Å². The van der Waals surface area contributed by atoms with Crippen LogP contribution in [-0.2, 0) is 14.4 Å². The topological polar surface area (TPSA) is 66.5 Å². The fourth-order valence-electron chi connectivity index (χ4n) is 1.70. The molecule has 1 aliphatic rings. The molecule has 3 amide bonds. The van der Waals surface area contributed by atoms with Crippen molar-refractivity contribution in [1.29, 1.82) is 0 Å². The van der Waals surface area contributed by atoms with Crippen LogP contribution in [0.3, 0.4) is 0 Å². The normalized spacial score (nSPS) is 20.9. The van der Waals surface area contributed by atoms with Gasteiger partial charge in [-0.25, -0.2) is 0 Å². The SMILES string of the molecule is CCC1C(=O)NC(=O)CN1C(=O)CCCCl. The summed E-state index contributed by atoms with van der Waals surface area (Å²) in [5.74, 6) is -0.598. The number of piperazine rings is 1. The molecule has 16 heavy (non-hydrogen) atoms. The Hall–Kier alpha value is -1.10. The maximum atomic E-state index is 11.8. The summed E-state index contributed by atoms with van der Waals surface area (Å²) in [6.07, 6.45) is 1.34. The molecule has 1 fully saturated rings. The second-order valence-electron chi connectivity index (χ2n) is 3.65. The van der Waals surface area contributed by atoms with Gasteiger partial charge in [0.15, 0.2) is 0 Å². The molecule has 1 saturated heterocycles. The maximum Gasteiger partial charge on any atom is 0.249 e. The van der Waals surface area contributed by atoms with Crippen molar-refractivity contribution in [3.8, 4) is 0 Å². The van der Waals surface area contributed by atoms with E-state index in [0.717, 1.165) is 0 Å². The first-order chi connectivity index (χ1) is 7.60. The molecule has 90 valence electrons. The number of halogens is 1. The van der Waals surface area contributed by atoms with E-state index in [2.05, 4.69) is 5.32 Å². The second kappa shape index (κ2) is 5.84. The molecular weight excluding hydrogens is 232 g/mol. The molecule has 0 spiro atoms. The Kier molecular flexibility index (Phi) is 4.73. The molecule has 6 heteroatoms. The monoisotopic (exact) mass is 246 g/mol. The van der Waals surface area contributed by atoms with Crippen molar-refractivity contribution >= 4 is 29.3 Å². The lowest BCUT2D eigenvalue weighted by atomic mass is 10.1. The summed E-state index contributed by atoms with van der Waals surface area (Å²) < 4.78 is 0. The smallest absolute Gasteiger partial charge is 0.249 e. The van der Waals surface area contributed by atoms with E-state index in [0.29, 0.717) is 18.7 Å². The van der Waals surface area contributed by atoms with Gasteiger partial charge in [-0.2, -0.15) is 0 Å². The van der Waals surface area contributed by atoms with Crippen molar-refractivity contribution in [2.75, 3.05) is 12.4 Å². The van der Waals surface area contributed by atoms with Crippen molar-refractivity contribution in [2.24, 2.45) is 0 Å². The molecule has 1 N–H and O–H groups in total. The lowest BCUT2D eigenvalue weighted by Gasteiger charge is -2.33. The van der Waals surface area contributed by atoms with Crippen LogP contribution in [0.4, 0.5) is 0 Å². The number of alkyl halides is 1. The summed E-state index contributed by atoms with van der Waals surface area (Å²) in [4.78, 5) is 35.7. The van der Waals surface area contributed by atoms with Gasteiger partial charge in [-0.15, -0.1) is 11.6 Å². The van der Waals surface area contributed by atoms with Crippen LogP contribution in [0.5, 0.6) is 0 Å². The van der Waals surface area contributed by atoms with E-state index in [-0.39, 0.29) is 18.9 Å². The van der Waals surface area contributed by atoms with Crippen molar-refractivity contribution in [2.45, 2.75) is 32.2 Å². The van der Waals surface area contributed by atoms with Crippen molar-refractivity contribution in [3.63, 3.8) is 0 Å². The van der Waals surface area contributed by atoms with E-state index < -0.39 is 17.9 Å². The van der Waals surface area contributed by atoms with Crippen molar-refractivity contribution < 1.29 is 14.4 Å². The van der Waals surface area contributed by atoms with Gasteiger partial charge in [0.1, 0.15) is 12.6 Å². The van der Waals surface area contributed by atoms with Crippen LogP contribution in [0.2, 0.25) is 0 Å². The average molecular weight is 247 g/mol. The van der Waals surface area contributed by atoms with E-state index in [1.54, 1.807) is 0 Å². The summed E-state index contributed by atoms with van der Waals surface area (Å²) in [7, 11) is 0. The largest absolute Gasteiger partial charge is 0.321 e. The summed E-state index contributed by atoms with van der Waals surface area (Å²) in [5.41, 5.74) is 0. The third-order valence-electron chi connectivity index (χ3n) is 2.49. The third-order valence-corrected chi connectivity index (χ3v) is 2.75. The molecule has 1 aliphatic heterocycles. The zero-order valence-electron chi connectivity index (χ0n) is 9.16. The quantitative estimate of drug-likeness (QED) is 0.572. The fourth-order valence-corrected chi connectivity index (χ4v) is 1.83. The Labute approximate surface area is 99.1 Å². The third kappa shape index (κ3) is 2.95. The Morgan fingerprint density at radius 1 is 1.56 bits per heavy atom. The fraction of sp³-hybridized carbons (Fsp3) is 0.700. The highest BCUT2D eigenvalue weighted by Crippen LogP contribution is 2.11. The molecule has 1 heterocycles. The summed E-state index contributed by atoms with van der Waals surface area (Å²) in [6.45, 7) is 1.77. The van der Waals surface area contributed by atoms with Crippen LogP contribution in [0.15, 0.2) is 0 Å². The van der Waals surface area contributed by atoms with E-state index in [1.807, 2.05) is 6.92 Å². The highest BCUT2D eigenvalue weighted by atomic mass is 35.5. The number of imide groups is 1. The number of hydrogen-bond donors (Lipinski definition) is 1. The number of nitrogens with zero attached hydrogens (tertiary/aromatic N) is 1. The zero-order chi connectivity index (χ0) is 12.1. The Balaban J connectivity index is 2.70. The van der Waals surface area contributed by atoms with Gasteiger partial charge in [0.25, 0.3) is 0 Å². The predicted octanol–water partition coefficient (Wildman–Crippen LogP) is 0.269. The van der Waals surface area contributed by atoms with E-state index in [4.69, 9.17) is 11.6 Å². The van der Waals surface area contributed by atoms with Crippen LogP contribution < -0.4 is 5.32 Å². The molecule has 0 radical (unpaired) electrons. The highest BCUT2D eigenvalue weighted by Gasteiger charge is 2.34. The number of carbonyl (C=O) groups is 3. The molecule has 1 atom stereocenters. The zero-order valence-corrected chi connectivity index (χ0v) is 9.92. The van der Waals surface area contributed by atoms with Gasteiger partial charge in [-0.1, -0.05) is 6.92 Å². The Morgan fingerprint density at radius 2 is 2.25 bits per heavy atom. The lowest BCUT2D eigenvalue weighted by Crippen LogP contribution is -2.59. The highest BCUT2D eigenvalue weighted by molar-refractivity contribution is 6.18. The molecule has 1 unspecified atom stereocenters. The minimum absolute atomic E-state index is 0.0363. The first-order valence-electron chi connectivity index (χ1n) is 5.29. The molecule has 5 nitrogen and oxygen atoms in total. The van der Waals surface area contributed by atoms with Gasteiger partial charge in [-0.3, -0.25) is 19.7 Å². The first-order valence-corrected chi connectivity index (χ1v) is 5.82. The molecular formula is C10H15ClN2O3. The van der Waals surface area contributed by atoms with Crippen LogP contribution in [-0.4, -0.2) is 41.1 Å². The van der Waals surface area contributed by atoms with Gasteiger partial charge in [0.2, 0.25) is 17.7 Å². The standard InChI is InChI=1S/C10H15ClN2O3/c1-2-7-10(16)12-8(14)6-13(7)9(15)4-3-5-11/h7H,2-6H2,1H3,(H,12,14,16). The number of carbonyl (C=O) groups excluding carboxylic acids is 3. The molecule has 0 saturated carbocycles. The molecule has 1 rings (SSSR count). The first kappa shape index (κ1) is 13.0. The molecule has 0 aromatic rings. The molecule has 0 bridgehead atoms. The average Bonchev–Trinajstić information content (AvgIpc) is 2.24. The number of nitrogens with one attached hydrogen (secondary N) is 1. The minimum Gasteiger partial charge on any atom is -0.321 e. The van der Waals surface area contributed by atoms with Gasteiger partial charge < -0.3 is 4.90 Å². The maximum absolute atomic E-state index is 11.8. The van der Waals surface area contributed by atoms with Gasteiger partial charge in [0.05, 0.1) is 0 Å². The van der Waals surface area contributed by atoms with E-state index in [9.17, 15) is 14.4 Å². The molecule has 0 aromatic heterocycles.